The first-order valence-corrected chi connectivity index (χ1v) is 11.5. The van der Waals surface area contributed by atoms with Crippen molar-refractivity contribution in [3.05, 3.63) is 88.2 Å². The Morgan fingerprint density at radius 3 is 2.44 bits per heavy atom. The third-order valence-electron chi connectivity index (χ3n) is 5.51. The van der Waals surface area contributed by atoms with Gasteiger partial charge in [-0.2, -0.15) is 0 Å². The number of primary amides is 1. The van der Waals surface area contributed by atoms with Gasteiger partial charge in [0.15, 0.2) is 11.6 Å². The van der Waals surface area contributed by atoms with Crippen molar-refractivity contribution in [3.63, 3.8) is 0 Å². The quantitative estimate of drug-likeness (QED) is 0.357. The van der Waals surface area contributed by atoms with Gasteiger partial charge in [0.2, 0.25) is 5.91 Å². The van der Waals surface area contributed by atoms with Gasteiger partial charge in [0, 0.05) is 41.8 Å². The van der Waals surface area contributed by atoms with Crippen molar-refractivity contribution < 1.29 is 18.7 Å². The van der Waals surface area contributed by atoms with Crippen LogP contribution in [0.2, 0.25) is 5.02 Å². The molecule has 1 atom stereocenters. The van der Waals surface area contributed by atoms with Gasteiger partial charge in [-0.05, 0) is 35.4 Å². The summed E-state index contributed by atoms with van der Waals surface area (Å²) in [6.45, 7) is 5.30. The molecule has 0 aromatic heterocycles. The Labute approximate surface area is 205 Å². The van der Waals surface area contributed by atoms with Crippen LogP contribution in [-0.2, 0) is 4.74 Å². The number of amides is 1. The molecule has 0 aliphatic carbocycles. The molecule has 3 aromatic rings. The normalized spacial score (nSPS) is 12.1. The van der Waals surface area contributed by atoms with E-state index in [0.717, 1.165) is 11.1 Å². The average Bonchev–Trinajstić information content (AvgIpc) is 2.81. The second-order valence-electron chi connectivity index (χ2n) is 8.27. The van der Waals surface area contributed by atoms with Gasteiger partial charge in [-0.3, -0.25) is 4.79 Å². The molecule has 0 fully saturated rings. The summed E-state index contributed by atoms with van der Waals surface area (Å²) in [5, 5.41) is 3.79. The van der Waals surface area contributed by atoms with Crippen molar-refractivity contribution in [2.45, 2.75) is 25.8 Å². The van der Waals surface area contributed by atoms with Crippen LogP contribution in [0.25, 0.3) is 11.1 Å². The number of methoxy groups -OCH3 is 1. The number of hydrogen-bond donors (Lipinski definition) is 2. The molecule has 0 radical (unpaired) electrons. The summed E-state index contributed by atoms with van der Waals surface area (Å²) in [7, 11) is 1.53. The monoisotopic (exact) mass is 484 g/mol. The van der Waals surface area contributed by atoms with Crippen LogP contribution in [0.3, 0.4) is 0 Å². The Hall–Kier alpha value is -2.93. The SMILES string of the molecule is COCCOc1ccc(C(N)=O)c(-c2cc(C(CNC(C)C)c3ccccc3)ccc2Cl)c1F. The van der Waals surface area contributed by atoms with Gasteiger partial charge in [-0.25, -0.2) is 4.39 Å². The highest BCUT2D eigenvalue weighted by Gasteiger charge is 2.23. The van der Waals surface area contributed by atoms with Crippen molar-refractivity contribution >= 4 is 17.5 Å². The first-order valence-electron chi connectivity index (χ1n) is 11.2. The smallest absolute Gasteiger partial charge is 0.249 e. The molecule has 0 spiro atoms. The van der Waals surface area contributed by atoms with Gasteiger partial charge < -0.3 is 20.5 Å². The Morgan fingerprint density at radius 2 is 1.79 bits per heavy atom. The molecule has 7 heteroatoms. The number of benzene rings is 3. The molecule has 1 unspecified atom stereocenters. The maximum Gasteiger partial charge on any atom is 0.249 e. The molecule has 0 bridgehead atoms. The molecule has 3 rings (SSSR count). The van der Waals surface area contributed by atoms with Crippen molar-refractivity contribution in [1.29, 1.82) is 0 Å². The van der Waals surface area contributed by atoms with E-state index in [-0.39, 0.29) is 35.4 Å². The molecule has 0 saturated carbocycles. The van der Waals surface area contributed by atoms with Gasteiger partial charge >= 0.3 is 0 Å². The second-order valence-corrected chi connectivity index (χ2v) is 8.68. The van der Waals surface area contributed by atoms with Gasteiger partial charge in [0.1, 0.15) is 6.61 Å². The molecule has 0 aliphatic rings. The number of nitrogens with two attached hydrogens (primary N) is 1. The molecule has 0 saturated heterocycles. The number of carbonyl (C=O) groups excluding carboxylic acids is 1. The van der Waals surface area contributed by atoms with E-state index in [2.05, 4.69) is 31.3 Å². The van der Waals surface area contributed by atoms with Crippen molar-refractivity contribution in [2.75, 3.05) is 26.9 Å². The molecule has 3 N–H and O–H groups in total. The Balaban J connectivity index is 2.13. The lowest BCUT2D eigenvalue weighted by molar-refractivity contribution is 0.1000. The van der Waals surface area contributed by atoms with E-state index < -0.39 is 11.7 Å². The first-order chi connectivity index (χ1) is 16.3. The van der Waals surface area contributed by atoms with Crippen LogP contribution in [0.4, 0.5) is 4.39 Å². The Kier molecular flexibility index (Phi) is 9.05. The molecule has 0 aliphatic heterocycles. The van der Waals surface area contributed by atoms with Crippen LogP contribution < -0.4 is 15.8 Å². The van der Waals surface area contributed by atoms with E-state index in [1.54, 1.807) is 6.07 Å². The third kappa shape index (κ3) is 6.14. The summed E-state index contributed by atoms with van der Waals surface area (Å²) in [4.78, 5) is 12.2. The molecule has 180 valence electrons. The highest BCUT2D eigenvalue weighted by molar-refractivity contribution is 6.33. The van der Waals surface area contributed by atoms with E-state index in [1.807, 2.05) is 30.3 Å². The van der Waals surface area contributed by atoms with Crippen LogP contribution in [0.1, 0.15) is 41.3 Å². The summed E-state index contributed by atoms with van der Waals surface area (Å²) < 4.78 is 26.1. The van der Waals surface area contributed by atoms with Gasteiger partial charge in [0.05, 0.1) is 12.2 Å². The molecule has 1 amide bonds. The summed E-state index contributed by atoms with van der Waals surface area (Å²) in [6, 6.07) is 18.7. The van der Waals surface area contributed by atoms with E-state index in [4.69, 9.17) is 26.8 Å². The third-order valence-corrected chi connectivity index (χ3v) is 5.84. The lowest BCUT2D eigenvalue weighted by Crippen LogP contribution is -2.28. The molecule has 5 nitrogen and oxygen atoms in total. The van der Waals surface area contributed by atoms with Gasteiger partial charge in [0.25, 0.3) is 0 Å². The van der Waals surface area contributed by atoms with E-state index in [9.17, 15) is 4.79 Å². The zero-order chi connectivity index (χ0) is 24.7. The number of nitrogens with one attached hydrogen (secondary N) is 1. The zero-order valence-corrected chi connectivity index (χ0v) is 20.4. The second kappa shape index (κ2) is 12.0. The van der Waals surface area contributed by atoms with Crippen LogP contribution in [0.15, 0.2) is 60.7 Å². The lowest BCUT2D eigenvalue weighted by atomic mass is 9.88. The number of carbonyl (C=O) groups is 1. The average molecular weight is 485 g/mol. The van der Waals surface area contributed by atoms with Gasteiger partial charge in [-0.1, -0.05) is 61.8 Å². The van der Waals surface area contributed by atoms with Crippen molar-refractivity contribution in [2.24, 2.45) is 5.73 Å². The van der Waals surface area contributed by atoms with E-state index >= 15 is 4.39 Å². The predicted octanol–water partition coefficient (Wildman–Crippen LogP) is 5.40. The number of ether oxygens (including phenoxy) is 2. The molecular weight excluding hydrogens is 455 g/mol. The van der Waals surface area contributed by atoms with Crippen molar-refractivity contribution in [3.8, 4) is 16.9 Å². The number of rotatable bonds is 11. The summed E-state index contributed by atoms with van der Waals surface area (Å²) >= 11 is 6.54. The minimum absolute atomic E-state index is 0.000367. The fraction of sp³-hybridized carbons (Fsp3) is 0.296. The maximum atomic E-state index is 15.7. The minimum atomic E-state index is -0.750. The standard InChI is InChI=1S/C27H30ClFN2O3/c1-17(2)31-16-22(18-7-5-4-6-8-18)19-9-11-23(28)21(15-19)25-20(27(30)32)10-12-24(26(25)29)34-14-13-33-3/h4-12,15,17,22,31H,13-14,16H2,1-3H3,(H2,30,32). The van der Waals surface area contributed by atoms with Crippen LogP contribution >= 0.6 is 11.6 Å². The number of halogens is 2. The largest absolute Gasteiger partial charge is 0.488 e. The Bertz CT molecular complexity index is 1120. The minimum Gasteiger partial charge on any atom is -0.488 e. The topological polar surface area (TPSA) is 73.6 Å². The van der Waals surface area contributed by atoms with E-state index in [0.29, 0.717) is 23.7 Å². The van der Waals surface area contributed by atoms with Crippen molar-refractivity contribution in [1.82, 2.24) is 5.32 Å². The first kappa shape index (κ1) is 25.7. The van der Waals surface area contributed by atoms with Gasteiger partial charge in [-0.15, -0.1) is 0 Å². The lowest BCUT2D eigenvalue weighted by Gasteiger charge is -2.22. The summed E-state index contributed by atoms with van der Waals surface area (Å²) in [6.07, 6.45) is 0. The fourth-order valence-corrected chi connectivity index (χ4v) is 4.00. The molecule has 0 heterocycles. The molecular formula is C27H30ClFN2O3. The predicted molar refractivity (Wildman–Crippen MR) is 134 cm³/mol. The van der Waals surface area contributed by atoms with Crippen LogP contribution in [0, 0.1) is 5.82 Å². The fourth-order valence-electron chi connectivity index (χ4n) is 3.79. The molecule has 3 aromatic carbocycles. The maximum absolute atomic E-state index is 15.7. The van der Waals surface area contributed by atoms with Crippen LogP contribution in [-0.4, -0.2) is 38.8 Å². The summed E-state index contributed by atoms with van der Waals surface area (Å²) in [5.41, 5.74) is 8.07. The Morgan fingerprint density at radius 1 is 1.06 bits per heavy atom. The number of hydrogen-bond acceptors (Lipinski definition) is 4. The van der Waals surface area contributed by atoms with Crippen LogP contribution in [0.5, 0.6) is 5.75 Å². The highest BCUT2D eigenvalue weighted by Crippen LogP contribution is 2.39. The molecule has 34 heavy (non-hydrogen) atoms. The zero-order valence-electron chi connectivity index (χ0n) is 19.6. The highest BCUT2D eigenvalue weighted by atomic mass is 35.5. The van der Waals surface area contributed by atoms with E-state index in [1.165, 1.54) is 19.2 Å². The summed E-state index contributed by atoms with van der Waals surface area (Å²) in [5.74, 6) is -1.46.